The highest BCUT2D eigenvalue weighted by atomic mass is 16.5. The summed E-state index contributed by atoms with van der Waals surface area (Å²) in [6.07, 6.45) is 5.72. The molecule has 10 heteroatoms. The number of hydrogen-bond acceptors (Lipinski definition) is 9. The van der Waals surface area contributed by atoms with Gasteiger partial charge in [0.1, 0.15) is 12.4 Å². The molecule has 41 heavy (non-hydrogen) atoms. The van der Waals surface area contributed by atoms with Gasteiger partial charge < -0.3 is 24.3 Å². The van der Waals surface area contributed by atoms with Gasteiger partial charge in [0.15, 0.2) is 0 Å². The second-order valence-electron chi connectivity index (χ2n) is 11.2. The molecule has 1 aromatic carbocycles. The van der Waals surface area contributed by atoms with Gasteiger partial charge in [-0.1, -0.05) is 12.1 Å². The molecule has 0 aliphatic carbocycles. The van der Waals surface area contributed by atoms with Crippen LogP contribution in [0.25, 0.3) is 0 Å². The number of amides is 1. The lowest BCUT2D eigenvalue weighted by atomic mass is 10.0. The number of benzene rings is 1. The van der Waals surface area contributed by atoms with Crippen molar-refractivity contribution in [3.05, 3.63) is 52.7 Å². The van der Waals surface area contributed by atoms with E-state index in [1.54, 1.807) is 4.90 Å². The van der Waals surface area contributed by atoms with Gasteiger partial charge in [-0.05, 0) is 63.9 Å². The number of ether oxygens (including phenoxy) is 1. The number of piperazine rings is 1. The average Bonchev–Trinajstić information content (AvgIpc) is 3.40. The summed E-state index contributed by atoms with van der Waals surface area (Å²) in [6.45, 7) is 8.92. The summed E-state index contributed by atoms with van der Waals surface area (Å²) in [4.78, 5) is 31.2. The predicted octanol–water partition coefficient (Wildman–Crippen LogP) is 3.14. The summed E-state index contributed by atoms with van der Waals surface area (Å²) in [7, 11) is 2.13. The van der Waals surface area contributed by atoms with E-state index >= 15 is 0 Å². The van der Waals surface area contributed by atoms with Crippen LogP contribution < -0.4 is 14.5 Å². The number of nitriles is 2. The van der Waals surface area contributed by atoms with Crippen molar-refractivity contribution in [2.24, 2.45) is 0 Å². The molecule has 3 aliphatic rings. The fraction of sp³-hybridized carbons (Fsp3) is 0.516. The minimum absolute atomic E-state index is 0.202. The molecule has 2 aromatic rings. The number of hydrogen-bond donors (Lipinski definition) is 0. The summed E-state index contributed by atoms with van der Waals surface area (Å²) < 4.78 is 6.25. The highest BCUT2D eigenvalue weighted by Crippen LogP contribution is 2.34. The number of likely N-dealkylation sites (N-methyl/N-ethyl adjacent to an activating group) is 1. The van der Waals surface area contributed by atoms with Crippen LogP contribution in [0, 0.1) is 36.5 Å². The summed E-state index contributed by atoms with van der Waals surface area (Å²) in [5.41, 5.74) is 5.83. The first kappa shape index (κ1) is 28.4. The Morgan fingerprint density at radius 1 is 1.12 bits per heavy atom. The number of allylic oxidation sites excluding steroid dienone is 1. The first-order chi connectivity index (χ1) is 19.9. The number of carbonyl (C=O) groups is 1. The Hall–Kier alpha value is -4.15. The van der Waals surface area contributed by atoms with E-state index in [2.05, 4.69) is 59.9 Å². The maximum absolute atomic E-state index is 12.7. The van der Waals surface area contributed by atoms with E-state index in [0.29, 0.717) is 44.8 Å². The van der Waals surface area contributed by atoms with Crippen LogP contribution in [-0.4, -0.2) is 84.1 Å². The quantitative estimate of drug-likeness (QED) is 0.376. The average molecular weight is 555 g/mol. The van der Waals surface area contributed by atoms with Crippen LogP contribution in [0.3, 0.4) is 0 Å². The van der Waals surface area contributed by atoms with Gasteiger partial charge in [-0.2, -0.15) is 20.5 Å². The van der Waals surface area contributed by atoms with Crippen LogP contribution in [0.5, 0.6) is 6.01 Å². The van der Waals surface area contributed by atoms with Crippen LogP contribution in [-0.2, 0) is 17.8 Å². The summed E-state index contributed by atoms with van der Waals surface area (Å²) in [6, 6.07) is 11.0. The van der Waals surface area contributed by atoms with Crippen LogP contribution in [0.2, 0.25) is 0 Å². The van der Waals surface area contributed by atoms with Gasteiger partial charge in [-0.15, -0.1) is 0 Å². The van der Waals surface area contributed by atoms with Gasteiger partial charge in [0.2, 0.25) is 5.91 Å². The van der Waals surface area contributed by atoms with Crippen molar-refractivity contribution in [1.29, 1.82) is 10.5 Å². The largest absolute Gasteiger partial charge is 0.462 e. The van der Waals surface area contributed by atoms with E-state index in [9.17, 15) is 10.1 Å². The number of aromatic nitrogens is 2. The Labute approximate surface area is 242 Å². The standard InChI is InChI=1S/C31H38N8O2/c1-22-7-4-9-28(23(22)2)37-16-12-26-27(20-37)34-31(41-21-25-8-6-15-36(25)3)35-30(26)38-17-18-39(24(19-38)11-14-33)29(40)10-5-13-32/h4-5,7,9-10,24-25H,6,8,11-12,15-21H2,1-3H3/b10-5-/t24-,25-/m0/s1. The molecule has 2 fully saturated rings. The number of likely N-dealkylation sites (tertiary alicyclic amines) is 1. The zero-order valence-electron chi connectivity index (χ0n) is 24.2. The van der Waals surface area contributed by atoms with E-state index in [-0.39, 0.29) is 18.4 Å². The minimum Gasteiger partial charge on any atom is -0.462 e. The maximum Gasteiger partial charge on any atom is 0.318 e. The molecular formula is C31H38N8O2. The minimum atomic E-state index is -0.304. The van der Waals surface area contributed by atoms with Gasteiger partial charge in [-0.3, -0.25) is 4.79 Å². The molecule has 0 unspecified atom stereocenters. The fourth-order valence-corrected chi connectivity index (χ4v) is 6.18. The van der Waals surface area contributed by atoms with Gasteiger partial charge >= 0.3 is 6.01 Å². The molecule has 0 saturated carbocycles. The van der Waals surface area contributed by atoms with Gasteiger partial charge in [0.05, 0.1) is 36.8 Å². The Morgan fingerprint density at radius 2 is 1.98 bits per heavy atom. The monoisotopic (exact) mass is 554 g/mol. The van der Waals surface area contributed by atoms with Crippen molar-refractivity contribution in [2.45, 2.75) is 58.2 Å². The van der Waals surface area contributed by atoms with Crippen molar-refractivity contribution in [3.8, 4) is 18.1 Å². The third-order valence-corrected chi connectivity index (χ3v) is 8.71. The molecule has 0 bridgehead atoms. The van der Waals surface area contributed by atoms with E-state index < -0.39 is 0 Å². The van der Waals surface area contributed by atoms with Crippen LogP contribution in [0.4, 0.5) is 11.5 Å². The molecule has 5 rings (SSSR count). The smallest absolute Gasteiger partial charge is 0.318 e. The van der Waals surface area contributed by atoms with Crippen LogP contribution in [0.1, 0.15) is 41.6 Å². The molecule has 4 heterocycles. The van der Waals surface area contributed by atoms with Crippen molar-refractivity contribution >= 4 is 17.4 Å². The molecule has 3 aliphatic heterocycles. The molecule has 0 N–H and O–H groups in total. The number of fused-ring (bicyclic) bond motifs is 1. The Balaban J connectivity index is 1.45. The molecule has 1 amide bonds. The van der Waals surface area contributed by atoms with Crippen molar-refractivity contribution in [2.75, 3.05) is 56.2 Å². The molecule has 2 saturated heterocycles. The van der Waals surface area contributed by atoms with Crippen molar-refractivity contribution in [1.82, 2.24) is 19.8 Å². The Morgan fingerprint density at radius 3 is 2.73 bits per heavy atom. The molecule has 1 aromatic heterocycles. The third kappa shape index (κ3) is 6.13. The molecule has 10 nitrogen and oxygen atoms in total. The molecule has 2 atom stereocenters. The molecule has 0 spiro atoms. The van der Waals surface area contributed by atoms with Crippen LogP contribution >= 0.6 is 0 Å². The van der Waals surface area contributed by atoms with Gasteiger partial charge in [0, 0.05) is 55.6 Å². The summed E-state index contributed by atoms with van der Waals surface area (Å²) in [5.74, 6) is 0.595. The highest BCUT2D eigenvalue weighted by Gasteiger charge is 2.33. The zero-order valence-corrected chi connectivity index (χ0v) is 24.2. The second-order valence-corrected chi connectivity index (χ2v) is 11.2. The first-order valence-electron chi connectivity index (χ1n) is 14.4. The number of carbonyl (C=O) groups excluding carboxylic acids is 1. The number of rotatable bonds is 7. The topological polar surface area (TPSA) is 113 Å². The lowest BCUT2D eigenvalue weighted by molar-refractivity contribution is -0.128. The second kappa shape index (κ2) is 12.6. The van der Waals surface area contributed by atoms with E-state index in [4.69, 9.17) is 20.0 Å². The Kier molecular flexibility index (Phi) is 8.70. The lowest BCUT2D eigenvalue weighted by Crippen LogP contribution is -2.55. The normalized spacial score (nSPS) is 21.0. The number of aryl methyl sites for hydroxylation is 1. The fourth-order valence-electron chi connectivity index (χ4n) is 6.18. The number of anilines is 2. The lowest BCUT2D eigenvalue weighted by Gasteiger charge is -2.42. The third-order valence-electron chi connectivity index (χ3n) is 8.71. The predicted molar refractivity (Wildman–Crippen MR) is 157 cm³/mol. The van der Waals surface area contributed by atoms with Gasteiger partial charge in [0.25, 0.3) is 0 Å². The van der Waals surface area contributed by atoms with Gasteiger partial charge in [-0.25, -0.2) is 0 Å². The SMILES string of the molecule is Cc1cccc(N2CCc3c(nc(OC[C@@H]4CCCN4C)nc3N3CCN(C(=O)/C=C\C#N)[C@@H](CC#N)C3)C2)c1C. The molecular weight excluding hydrogens is 516 g/mol. The molecule has 0 radical (unpaired) electrons. The molecule has 214 valence electrons. The van der Waals surface area contributed by atoms with Crippen LogP contribution in [0.15, 0.2) is 30.4 Å². The highest BCUT2D eigenvalue weighted by molar-refractivity contribution is 5.88. The zero-order chi connectivity index (χ0) is 28.9. The van der Waals surface area contributed by atoms with Crippen molar-refractivity contribution in [3.63, 3.8) is 0 Å². The maximum atomic E-state index is 12.7. The van der Waals surface area contributed by atoms with Crippen molar-refractivity contribution < 1.29 is 9.53 Å². The van der Waals surface area contributed by atoms with E-state index in [0.717, 1.165) is 43.0 Å². The van der Waals surface area contributed by atoms with E-state index in [1.165, 1.54) is 35.4 Å². The Bertz CT molecular complexity index is 1390. The van der Waals surface area contributed by atoms with E-state index in [1.807, 2.05) is 6.07 Å². The number of nitrogens with zero attached hydrogens (tertiary/aromatic N) is 8. The summed E-state index contributed by atoms with van der Waals surface area (Å²) >= 11 is 0. The summed E-state index contributed by atoms with van der Waals surface area (Å²) in [5, 5.41) is 18.4. The first-order valence-corrected chi connectivity index (χ1v) is 14.4.